The van der Waals surface area contributed by atoms with E-state index in [0.717, 1.165) is 12.8 Å². The molecule has 1 amide bonds. The third kappa shape index (κ3) is 5.47. The quantitative estimate of drug-likeness (QED) is 0.770. The van der Waals surface area contributed by atoms with Gasteiger partial charge in [-0.1, -0.05) is 12.1 Å². The van der Waals surface area contributed by atoms with Crippen LogP contribution >= 0.6 is 0 Å². The Morgan fingerprint density at radius 3 is 2.88 bits per heavy atom. The van der Waals surface area contributed by atoms with E-state index in [9.17, 15) is 9.59 Å². The normalized spacial score (nSPS) is 17.5. The van der Waals surface area contributed by atoms with Crippen molar-refractivity contribution < 1.29 is 24.2 Å². The molecule has 1 aromatic rings. The average Bonchev–Trinajstić information content (AvgIpc) is 3.11. The van der Waals surface area contributed by atoms with E-state index in [4.69, 9.17) is 19.8 Å². The second-order valence-electron chi connectivity index (χ2n) is 5.93. The molecule has 1 N–H and O–H groups in total. The minimum Gasteiger partial charge on any atom is -0.481 e. The summed E-state index contributed by atoms with van der Waals surface area (Å²) in [6.07, 6.45) is 0.748. The van der Waals surface area contributed by atoms with E-state index in [-0.39, 0.29) is 25.0 Å². The largest absolute Gasteiger partial charge is 0.481 e. The first-order valence-corrected chi connectivity index (χ1v) is 8.29. The second-order valence-corrected chi connectivity index (χ2v) is 5.93. The summed E-state index contributed by atoms with van der Waals surface area (Å²) in [5, 5.41) is 18.0. The van der Waals surface area contributed by atoms with Gasteiger partial charge < -0.3 is 19.5 Å². The van der Waals surface area contributed by atoms with Crippen molar-refractivity contribution in [2.24, 2.45) is 0 Å². The number of carboxylic acids is 1. The number of benzene rings is 1. The molecule has 0 unspecified atom stereocenters. The fourth-order valence-corrected chi connectivity index (χ4v) is 2.72. The molecule has 0 spiro atoms. The molecular weight excluding hydrogens is 324 g/mol. The number of aliphatic carboxylic acids is 1. The Morgan fingerprint density at radius 1 is 1.48 bits per heavy atom. The number of amides is 1. The van der Waals surface area contributed by atoms with Crippen LogP contribution in [0.15, 0.2) is 24.3 Å². The molecule has 7 nitrogen and oxygen atoms in total. The lowest BCUT2D eigenvalue weighted by Gasteiger charge is -2.28. The van der Waals surface area contributed by atoms with Gasteiger partial charge in [0.1, 0.15) is 11.8 Å². The molecule has 1 aliphatic rings. The van der Waals surface area contributed by atoms with E-state index in [2.05, 4.69) is 0 Å². The van der Waals surface area contributed by atoms with Gasteiger partial charge in [-0.2, -0.15) is 5.26 Å². The highest BCUT2D eigenvalue weighted by molar-refractivity contribution is 5.81. The maximum absolute atomic E-state index is 12.7. The minimum absolute atomic E-state index is 0.0728. The molecule has 0 aliphatic carbocycles. The van der Waals surface area contributed by atoms with Gasteiger partial charge in [0.05, 0.1) is 18.1 Å². The standard InChI is InChI=1S/C18H22N2O5/c1-13(25-16-7-3-2-5-14(16)11-19)18(23)20(9-8-17(21)22)12-15-6-4-10-24-15/h2-3,5,7,13,15H,4,6,8-10,12H2,1H3,(H,21,22)/t13-,15+/m1/s1. The van der Waals surface area contributed by atoms with Gasteiger partial charge in [-0.25, -0.2) is 0 Å². The van der Waals surface area contributed by atoms with E-state index in [1.807, 2.05) is 6.07 Å². The van der Waals surface area contributed by atoms with E-state index in [1.54, 1.807) is 31.2 Å². The van der Waals surface area contributed by atoms with Crippen molar-refractivity contribution >= 4 is 11.9 Å². The third-order valence-electron chi connectivity index (χ3n) is 4.01. The molecule has 2 atom stereocenters. The van der Waals surface area contributed by atoms with Gasteiger partial charge in [-0.15, -0.1) is 0 Å². The number of carboxylic acid groups (broad SMARTS) is 1. The zero-order valence-electron chi connectivity index (χ0n) is 14.2. The van der Waals surface area contributed by atoms with Crippen LogP contribution in [0.3, 0.4) is 0 Å². The van der Waals surface area contributed by atoms with Crippen molar-refractivity contribution in [1.82, 2.24) is 4.90 Å². The SMILES string of the molecule is C[C@@H](Oc1ccccc1C#N)C(=O)N(CCC(=O)O)C[C@@H]1CCCO1. The number of nitrogens with zero attached hydrogens (tertiary/aromatic N) is 2. The number of carbonyl (C=O) groups excluding carboxylic acids is 1. The van der Waals surface area contributed by atoms with Gasteiger partial charge in [0.25, 0.3) is 5.91 Å². The lowest BCUT2D eigenvalue weighted by molar-refractivity contribution is -0.142. The topological polar surface area (TPSA) is 99.9 Å². The van der Waals surface area contributed by atoms with Gasteiger partial charge in [0.15, 0.2) is 6.10 Å². The predicted molar refractivity (Wildman–Crippen MR) is 89.1 cm³/mol. The summed E-state index contributed by atoms with van der Waals surface area (Å²) in [5.74, 6) is -0.945. The van der Waals surface area contributed by atoms with Crippen LogP contribution in [0.2, 0.25) is 0 Å². The van der Waals surface area contributed by atoms with E-state index < -0.39 is 12.1 Å². The van der Waals surface area contributed by atoms with Gasteiger partial charge in [-0.05, 0) is 31.9 Å². The molecule has 2 rings (SSSR count). The van der Waals surface area contributed by atoms with Gasteiger partial charge >= 0.3 is 5.97 Å². The Hall–Kier alpha value is -2.59. The van der Waals surface area contributed by atoms with Crippen molar-refractivity contribution in [2.75, 3.05) is 19.7 Å². The van der Waals surface area contributed by atoms with E-state index in [0.29, 0.717) is 24.5 Å². The number of nitriles is 1. The number of hydrogen-bond acceptors (Lipinski definition) is 5. The molecule has 0 radical (unpaired) electrons. The molecule has 1 fully saturated rings. The maximum Gasteiger partial charge on any atom is 0.305 e. The van der Waals surface area contributed by atoms with Crippen LogP contribution in [0, 0.1) is 11.3 Å². The predicted octanol–water partition coefficient (Wildman–Crippen LogP) is 1.81. The first kappa shape index (κ1) is 18.7. The van der Waals surface area contributed by atoms with Gasteiger partial charge in [0, 0.05) is 19.7 Å². The minimum atomic E-state index is -0.964. The zero-order valence-corrected chi connectivity index (χ0v) is 14.2. The smallest absolute Gasteiger partial charge is 0.305 e. The second kappa shape index (κ2) is 9.04. The summed E-state index contributed by atoms with van der Waals surface area (Å²) in [6.45, 7) is 2.70. The Kier molecular flexibility index (Phi) is 6.78. The summed E-state index contributed by atoms with van der Waals surface area (Å²) in [5.41, 5.74) is 0.346. The zero-order chi connectivity index (χ0) is 18.2. The molecule has 1 heterocycles. The molecular formula is C18H22N2O5. The lowest BCUT2D eigenvalue weighted by atomic mass is 10.2. The van der Waals surface area contributed by atoms with Gasteiger partial charge in [-0.3, -0.25) is 9.59 Å². The monoisotopic (exact) mass is 346 g/mol. The van der Waals surface area contributed by atoms with Crippen molar-refractivity contribution in [3.63, 3.8) is 0 Å². The van der Waals surface area contributed by atoms with Crippen molar-refractivity contribution in [3.8, 4) is 11.8 Å². The highest BCUT2D eigenvalue weighted by Gasteiger charge is 2.27. The van der Waals surface area contributed by atoms with Crippen molar-refractivity contribution in [3.05, 3.63) is 29.8 Å². The summed E-state index contributed by atoms with van der Waals surface area (Å²) in [6, 6.07) is 8.70. The molecule has 25 heavy (non-hydrogen) atoms. The maximum atomic E-state index is 12.7. The molecule has 1 aliphatic heterocycles. The summed E-state index contributed by atoms with van der Waals surface area (Å²) in [7, 11) is 0. The van der Waals surface area contributed by atoms with Gasteiger partial charge in [0.2, 0.25) is 0 Å². The van der Waals surface area contributed by atoms with E-state index >= 15 is 0 Å². The van der Waals surface area contributed by atoms with Crippen molar-refractivity contribution in [2.45, 2.75) is 38.4 Å². The Morgan fingerprint density at radius 2 is 2.24 bits per heavy atom. The Labute approximate surface area is 146 Å². The molecule has 0 aromatic heterocycles. The molecule has 134 valence electrons. The first-order chi connectivity index (χ1) is 12.0. The number of rotatable bonds is 8. The number of ether oxygens (including phenoxy) is 2. The highest BCUT2D eigenvalue weighted by atomic mass is 16.5. The summed E-state index contributed by atoms with van der Waals surface area (Å²) in [4.78, 5) is 25.1. The van der Waals surface area contributed by atoms with Crippen LogP contribution in [-0.2, 0) is 14.3 Å². The molecule has 1 saturated heterocycles. The number of hydrogen-bond donors (Lipinski definition) is 1. The lowest BCUT2D eigenvalue weighted by Crippen LogP contribution is -2.45. The third-order valence-corrected chi connectivity index (χ3v) is 4.01. The first-order valence-electron chi connectivity index (χ1n) is 8.29. The molecule has 0 bridgehead atoms. The van der Waals surface area contributed by atoms with Crippen LogP contribution in [0.25, 0.3) is 0 Å². The Balaban J connectivity index is 2.04. The fraction of sp³-hybridized carbons (Fsp3) is 0.500. The Bertz CT molecular complexity index is 649. The number of carbonyl (C=O) groups is 2. The van der Waals surface area contributed by atoms with Crippen LogP contribution in [0.1, 0.15) is 31.7 Å². The molecule has 0 saturated carbocycles. The number of para-hydroxylation sites is 1. The summed E-state index contributed by atoms with van der Waals surface area (Å²) >= 11 is 0. The van der Waals surface area contributed by atoms with Crippen LogP contribution in [0.4, 0.5) is 0 Å². The highest BCUT2D eigenvalue weighted by Crippen LogP contribution is 2.20. The van der Waals surface area contributed by atoms with E-state index in [1.165, 1.54) is 4.90 Å². The van der Waals surface area contributed by atoms with Crippen LogP contribution in [0.5, 0.6) is 5.75 Å². The average molecular weight is 346 g/mol. The van der Waals surface area contributed by atoms with Crippen molar-refractivity contribution in [1.29, 1.82) is 5.26 Å². The molecule has 7 heteroatoms. The fourth-order valence-electron chi connectivity index (χ4n) is 2.72. The summed E-state index contributed by atoms with van der Waals surface area (Å²) < 4.78 is 11.2. The van der Waals surface area contributed by atoms with Crippen LogP contribution in [-0.4, -0.2) is 53.8 Å². The van der Waals surface area contributed by atoms with Crippen LogP contribution < -0.4 is 4.74 Å². The molecule has 1 aromatic carbocycles.